The first-order valence-electron chi connectivity index (χ1n) is 6.44. The summed E-state index contributed by atoms with van der Waals surface area (Å²) in [5.74, 6) is -0.394. The monoisotopic (exact) mass is 248 g/mol. The lowest BCUT2D eigenvalue weighted by Gasteiger charge is -2.34. The summed E-state index contributed by atoms with van der Waals surface area (Å²) < 4.78 is 0. The van der Waals surface area contributed by atoms with Crippen LogP contribution in [0.1, 0.15) is 35.2 Å². The standard InChI is InChI=1S/C14H20N2O2/c15-14(18)12-5-3-4-11(8-12)9-16-7-2-1-6-13(16)10-17/h3-5,8,13,17H,1-2,6-7,9-10H2,(H2,15,18)/t13-/m1/s1. The van der Waals surface area contributed by atoms with Crippen LogP contribution in [-0.2, 0) is 6.54 Å². The molecule has 0 radical (unpaired) electrons. The first-order chi connectivity index (χ1) is 8.70. The molecule has 0 unspecified atom stereocenters. The second-order valence-corrected chi connectivity index (χ2v) is 4.87. The Morgan fingerprint density at radius 2 is 2.28 bits per heavy atom. The number of aliphatic hydroxyl groups is 1. The van der Waals surface area contributed by atoms with Gasteiger partial charge in [-0.1, -0.05) is 18.6 Å². The highest BCUT2D eigenvalue weighted by Crippen LogP contribution is 2.19. The predicted molar refractivity (Wildman–Crippen MR) is 70.1 cm³/mol. The fourth-order valence-corrected chi connectivity index (χ4v) is 2.53. The van der Waals surface area contributed by atoms with Crippen molar-refractivity contribution in [1.29, 1.82) is 0 Å². The summed E-state index contributed by atoms with van der Waals surface area (Å²) in [6.45, 7) is 1.98. The van der Waals surface area contributed by atoms with E-state index in [4.69, 9.17) is 5.73 Å². The number of aliphatic hydroxyl groups excluding tert-OH is 1. The Morgan fingerprint density at radius 3 is 3.00 bits per heavy atom. The van der Waals surface area contributed by atoms with Crippen molar-refractivity contribution < 1.29 is 9.90 Å². The van der Waals surface area contributed by atoms with Crippen molar-refractivity contribution in [3.63, 3.8) is 0 Å². The molecule has 0 saturated carbocycles. The van der Waals surface area contributed by atoms with Crippen LogP contribution in [0.4, 0.5) is 0 Å². The molecule has 1 aromatic carbocycles. The van der Waals surface area contributed by atoms with Gasteiger partial charge in [0.05, 0.1) is 6.61 Å². The smallest absolute Gasteiger partial charge is 0.248 e. The molecule has 0 spiro atoms. The second-order valence-electron chi connectivity index (χ2n) is 4.87. The Kier molecular flexibility index (Phi) is 4.33. The lowest BCUT2D eigenvalue weighted by Crippen LogP contribution is -2.41. The summed E-state index contributed by atoms with van der Waals surface area (Å²) in [4.78, 5) is 13.4. The van der Waals surface area contributed by atoms with Gasteiger partial charge in [0.1, 0.15) is 0 Å². The molecule has 1 heterocycles. The topological polar surface area (TPSA) is 66.6 Å². The van der Waals surface area contributed by atoms with Gasteiger partial charge in [-0.3, -0.25) is 9.69 Å². The number of amides is 1. The minimum atomic E-state index is -0.394. The third-order valence-corrected chi connectivity index (χ3v) is 3.56. The zero-order valence-corrected chi connectivity index (χ0v) is 10.5. The number of likely N-dealkylation sites (tertiary alicyclic amines) is 1. The quantitative estimate of drug-likeness (QED) is 0.839. The number of nitrogens with two attached hydrogens (primary N) is 1. The van der Waals surface area contributed by atoms with E-state index in [0.29, 0.717) is 5.56 Å². The van der Waals surface area contributed by atoms with Crippen LogP contribution in [-0.4, -0.2) is 35.1 Å². The first-order valence-corrected chi connectivity index (χ1v) is 6.44. The predicted octanol–water partition coefficient (Wildman–Crippen LogP) is 1.13. The Bertz CT molecular complexity index is 420. The van der Waals surface area contributed by atoms with E-state index in [1.165, 1.54) is 12.8 Å². The highest BCUT2D eigenvalue weighted by atomic mass is 16.3. The minimum Gasteiger partial charge on any atom is -0.395 e. The number of benzene rings is 1. The molecule has 4 heteroatoms. The summed E-state index contributed by atoms with van der Waals surface area (Å²) in [6, 6.07) is 7.66. The van der Waals surface area contributed by atoms with Crippen molar-refractivity contribution >= 4 is 5.91 Å². The lowest BCUT2D eigenvalue weighted by atomic mass is 10.0. The van der Waals surface area contributed by atoms with E-state index in [9.17, 15) is 9.90 Å². The van der Waals surface area contributed by atoms with Crippen molar-refractivity contribution in [3.8, 4) is 0 Å². The molecule has 1 fully saturated rings. The maximum absolute atomic E-state index is 11.1. The molecule has 0 bridgehead atoms. The molecule has 4 nitrogen and oxygen atoms in total. The Balaban J connectivity index is 2.07. The SMILES string of the molecule is NC(=O)c1cccc(CN2CCCC[C@@H]2CO)c1. The highest BCUT2D eigenvalue weighted by Gasteiger charge is 2.21. The van der Waals surface area contributed by atoms with Gasteiger partial charge in [-0.05, 0) is 37.1 Å². The summed E-state index contributed by atoms with van der Waals surface area (Å²) in [6.07, 6.45) is 3.40. The van der Waals surface area contributed by atoms with Crippen LogP contribution in [0.2, 0.25) is 0 Å². The van der Waals surface area contributed by atoms with Gasteiger partial charge in [0, 0.05) is 18.2 Å². The van der Waals surface area contributed by atoms with Crippen LogP contribution < -0.4 is 5.73 Å². The molecule has 0 aliphatic carbocycles. The van der Waals surface area contributed by atoms with Gasteiger partial charge >= 0.3 is 0 Å². The molecule has 1 aliphatic heterocycles. The summed E-state index contributed by atoms with van der Waals surface area (Å²) in [7, 11) is 0. The molecular formula is C14H20N2O2. The maximum atomic E-state index is 11.1. The van der Waals surface area contributed by atoms with E-state index in [1.54, 1.807) is 6.07 Å². The van der Waals surface area contributed by atoms with E-state index in [-0.39, 0.29) is 12.6 Å². The lowest BCUT2D eigenvalue weighted by molar-refractivity contribution is 0.0840. The summed E-state index contributed by atoms with van der Waals surface area (Å²) >= 11 is 0. The van der Waals surface area contributed by atoms with Gasteiger partial charge in [-0.25, -0.2) is 0 Å². The number of primary amides is 1. The second kappa shape index (κ2) is 5.98. The van der Waals surface area contributed by atoms with Crippen molar-refractivity contribution in [2.45, 2.75) is 31.8 Å². The number of rotatable bonds is 4. The average molecular weight is 248 g/mol. The molecule has 18 heavy (non-hydrogen) atoms. The largest absolute Gasteiger partial charge is 0.395 e. The van der Waals surface area contributed by atoms with Crippen LogP contribution >= 0.6 is 0 Å². The van der Waals surface area contributed by atoms with Crippen LogP contribution in [0.3, 0.4) is 0 Å². The number of carbonyl (C=O) groups excluding carboxylic acids is 1. The van der Waals surface area contributed by atoms with Gasteiger partial charge < -0.3 is 10.8 Å². The normalized spacial score (nSPS) is 20.8. The fraction of sp³-hybridized carbons (Fsp3) is 0.500. The van der Waals surface area contributed by atoms with Crippen LogP contribution in [0.5, 0.6) is 0 Å². The van der Waals surface area contributed by atoms with Crippen molar-refractivity contribution in [2.75, 3.05) is 13.2 Å². The zero-order chi connectivity index (χ0) is 13.0. The molecule has 1 aromatic rings. The number of carbonyl (C=O) groups is 1. The molecule has 1 atom stereocenters. The average Bonchev–Trinajstić information content (AvgIpc) is 2.39. The molecule has 98 valence electrons. The number of hydrogen-bond donors (Lipinski definition) is 2. The molecule has 3 N–H and O–H groups in total. The van der Waals surface area contributed by atoms with Crippen LogP contribution in [0.15, 0.2) is 24.3 Å². The van der Waals surface area contributed by atoms with Gasteiger partial charge in [0.2, 0.25) is 5.91 Å². The number of hydrogen-bond acceptors (Lipinski definition) is 3. The number of piperidine rings is 1. The molecule has 1 amide bonds. The van der Waals surface area contributed by atoms with Crippen LogP contribution in [0, 0.1) is 0 Å². The molecule has 1 aliphatic rings. The van der Waals surface area contributed by atoms with Crippen LogP contribution in [0.25, 0.3) is 0 Å². The van der Waals surface area contributed by atoms with E-state index < -0.39 is 5.91 Å². The third kappa shape index (κ3) is 3.09. The first kappa shape index (κ1) is 13.1. The van der Waals surface area contributed by atoms with Gasteiger partial charge in [-0.15, -0.1) is 0 Å². The fourth-order valence-electron chi connectivity index (χ4n) is 2.53. The zero-order valence-electron chi connectivity index (χ0n) is 10.5. The maximum Gasteiger partial charge on any atom is 0.248 e. The minimum absolute atomic E-state index is 0.204. The highest BCUT2D eigenvalue weighted by molar-refractivity contribution is 5.92. The van der Waals surface area contributed by atoms with Gasteiger partial charge in [0.15, 0.2) is 0 Å². The van der Waals surface area contributed by atoms with Gasteiger partial charge in [-0.2, -0.15) is 0 Å². The number of nitrogens with zero attached hydrogens (tertiary/aromatic N) is 1. The van der Waals surface area contributed by atoms with E-state index in [1.807, 2.05) is 18.2 Å². The third-order valence-electron chi connectivity index (χ3n) is 3.56. The molecule has 0 aromatic heterocycles. The summed E-state index contributed by atoms with van der Waals surface area (Å²) in [5, 5.41) is 9.37. The Hall–Kier alpha value is -1.39. The molecule has 1 saturated heterocycles. The Morgan fingerprint density at radius 1 is 1.44 bits per heavy atom. The Labute approximate surface area is 107 Å². The molecule has 2 rings (SSSR count). The van der Waals surface area contributed by atoms with Crippen molar-refractivity contribution in [2.24, 2.45) is 5.73 Å². The van der Waals surface area contributed by atoms with Crippen molar-refractivity contribution in [1.82, 2.24) is 4.90 Å². The van der Waals surface area contributed by atoms with Crippen molar-refractivity contribution in [3.05, 3.63) is 35.4 Å². The van der Waals surface area contributed by atoms with E-state index >= 15 is 0 Å². The van der Waals surface area contributed by atoms with E-state index in [0.717, 1.165) is 25.1 Å². The van der Waals surface area contributed by atoms with Gasteiger partial charge in [0.25, 0.3) is 0 Å². The van der Waals surface area contributed by atoms with E-state index in [2.05, 4.69) is 4.90 Å². The molecular weight excluding hydrogens is 228 g/mol. The summed E-state index contributed by atoms with van der Waals surface area (Å²) in [5.41, 5.74) is 6.90.